The van der Waals surface area contributed by atoms with Crippen LogP contribution in [0.25, 0.3) is 0 Å². The molecule has 128 valence electrons. The summed E-state index contributed by atoms with van der Waals surface area (Å²) in [6.45, 7) is 5.36. The molecule has 1 N–H and O–H groups in total. The number of carbonyl (C=O) groups excluding carboxylic acids is 2. The molecule has 1 aliphatic carbocycles. The number of rotatable bonds is 3. The fourth-order valence-corrected chi connectivity index (χ4v) is 3.90. The fraction of sp³-hybridized carbons (Fsp3) is 0.600. The van der Waals surface area contributed by atoms with Crippen LogP contribution in [0.4, 0.5) is 18.2 Å². The number of hydrogen-bond acceptors (Lipinski definition) is 4. The van der Waals surface area contributed by atoms with Crippen LogP contribution < -0.4 is 5.32 Å². The van der Waals surface area contributed by atoms with E-state index in [-0.39, 0.29) is 10.6 Å². The largest absolute Gasteiger partial charge is 0.471 e. The van der Waals surface area contributed by atoms with E-state index in [0.29, 0.717) is 24.3 Å². The van der Waals surface area contributed by atoms with Crippen molar-refractivity contribution in [2.24, 2.45) is 5.92 Å². The summed E-state index contributed by atoms with van der Waals surface area (Å²) in [6.07, 6.45) is -3.27. The first-order chi connectivity index (χ1) is 10.6. The Kier molecular flexibility index (Phi) is 5.03. The van der Waals surface area contributed by atoms with E-state index in [2.05, 4.69) is 0 Å². The Morgan fingerprint density at radius 1 is 1.35 bits per heavy atom. The van der Waals surface area contributed by atoms with Crippen LogP contribution in [0.3, 0.4) is 0 Å². The van der Waals surface area contributed by atoms with Crippen LogP contribution in [0, 0.1) is 5.92 Å². The molecule has 1 amide bonds. The maximum atomic E-state index is 12.5. The third-order valence-corrected chi connectivity index (χ3v) is 4.71. The monoisotopic (exact) mass is 349 g/mol. The number of alkyl halides is 3. The van der Waals surface area contributed by atoms with E-state index in [4.69, 9.17) is 4.74 Å². The van der Waals surface area contributed by atoms with Gasteiger partial charge in [0.15, 0.2) is 0 Å². The molecule has 1 atom stereocenters. The van der Waals surface area contributed by atoms with E-state index < -0.39 is 24.2 Å². The summed E-state index contributed by atoms with van der Waals surface area (Å²) < 4.78 is 42.6. The molecule has 0 unspecified atom stereocenters. The third-order valence-electron chi connectivity index (χ3n) is 3.54. The Morgan fingerprint density at radius 3 is 2.57 bits per heavy atom. The Hall–Kier alpha value is -1.57. The summed E-state index contributed by atoms with van der Waals surface area (Å²) in [5, 5.41) is 1.76. The number of hydrogen-bond donors (Lipinski definition) is 1. The van der Waals surface area contributed by atoms with Gasteiger partial charge in [0.25, 0.3) is 0 Å². The first kappa shape index (κ1) is 17.8. The molecular weight excluding hydrogens is 331 g/mol. The van der Waals surface area contributed by atoms with E-state index in [9.17, 15) is 22.8 Å². The molecule has 1 aromatic heterocycles. The van der Waals surface area contributed by atoms with Crippen LogP contribution in [0.5, 0.6) is 0 Å². The summed E-state index contributed by atoms with van der Waals surface area (Å²) in [7, 11) is 0. The second-order valence-electron chi connectivity index (χ2n) is 5.96. The lowest BCUT2D eigenvalue weighted by Gasteiger charge is -2.19. The summed E-state index contributed by atoms with van der Waals surface area (Å²) in [5.74, 6) is -2.38. The minimum atomic E-state index is -5.00. The maximum absolute atomic E-state index is 12.5. The molecule has 1 aromatic rings. The van der Waals surface area contributed by atoms with Gasteiger partial charge in [-0.15, -0.1) is 11.3 Å². The molecule has 1 heterocycles. The molecule has 0 saturated heterocycles. The highest BCUT2D eigenvalue weighted by molar-refractivity contribution is 7.17. The van der Waals surface area contributed by atoms with Gasteiger partial charge in [0.1, 0.15) is 5.00 Å². The lowest BCUT2D eigenvalue weighted by molar-refractivity contribution is -0.167. The van der Waals surface area contributed by atoms with Gasteiger partial charge in [-0.1, -0.05) is 6.92 Å². The Morgan fingerprint density at radius 2 is 2.00 bits per heavy atom. The van der Waals surface area contributed by atoms with E-state index in [1.54, 1.807) is 13.8 Å². The van der Waals surface area contributed by atoms with Crippen LogP contribution in [-0.2, 0) is 22.4 Å². The van der Waals surface area contributed by atoms with Crippen LogP contribution >= 0.6 is 11.3 Å². The molecule has 0 aromatic carbocycles. The van der Waals surface area contributed by atoms with Crippen molar-refractivity contribution in [1.82, 2.24) is 0 Å². The molecule has 0 bridgehead atoms. The molecule has 0 fully saturated rings. The smallest absolute Gasteiger partial charge is 0.459 e. The average Bonchev–Trinajstić information content (AvgIpc) is 2.73. The molecule has 4 nitrogen and oxygen atoms in total. The maximum Gasteiger partial charge on any atom is 0.471 e. The first-order valence-electron chi connectivity index (χ1n) is 7.33. The van der Waals surface area contributed by atoms with Gasteiger partial charge in [-0.2, -0.15) is 13.2 Å². The van der Waals surface area contributed by atoms with Gasteiger partial charge >= 0.3 is 18.1 Å². The lowest BCUT2D eigenvalue weighted by atomic mass is 9.88. The lowest BCUT2D eigenvalue weighted by Crippen LogP contribution is -2.30. The second kappa shape index (κ2) is 6.51. The van der Waals surface area contributed by atoms with Gasteiger partial charge in [0.2, 0.25) is 0 Å². The second-order valence-corrected chi connectivity index (χ2v) is 7.07. The fourth-order valence-electron chi connectivity index (χ4n) is 2.50. The van der Waals surface area contributed by atoms with Gasteiger partial charge in [0.05, 0.1) is 11.7 Å². The molecule has 0 radical (unpaired) electrons. The Labute approximate surface area is 136 Å². The molecule has 0 aliphatic heterocycles. The number of fused-ring (bicyclic) bond motifs is 1. The summed E-state index contributed by atoms with van der Waals surface area (Å²) in [5.41, 5.74) is 0.777. The van der Waals surface area contributed by atoms with E-state index in [0.717, 1.165) is 22.6 Å². The van der Waals surface area contributed by atoms with Crippen molar-refractivity contribution in [3.05, 3.63) is 16.0 Å². The zero-order valence-electron chi connectivity index (χ0n) is 13.0. The highest BCUT2D eigenvalue weighted by Gasteiger charge is 2.40. The van der Waals surface area contributed by atoms with Gasteiger partial charge in [-0.25, -0.2) is 4.79 Å². The highest BCUT2D eigenvalue weighted by atomic mass is 32.1. The molecule has 8 heteroatoms. The van der Waals surface area contributed by atoms with E-state index >= 15 is 0 Å². The topological polar surface area (TPSA) is 55.4 Å². The SMILES string of the molecule is CC(C)OC(=O)c1c(NC(=O)C(F)(F)F)sc2c1CC[C@H](C)C2. The third kappa shape index (κ3) is 4.04. The number of anilines is 1. The van der Waals surface area contributed by atoms with Gasteiger partial charge in [-0.05, 0) is 44.6 Å². The summed E-state index contributed by atoms with van der Waals surface area (Å²) in [4.78, 5) is 24.3. The number of nitrogens with one attached hydrogen (secondary N) is 1. The van der Waals surface area contributed by atoms with E-state index in [1.807, 2.05) is 12.2 Å². The van der Waals surface area contributed by atoms with Crippen molar-refractivity contribution in [2.75, 3.05) is 5.32 Å². The number of halogens is 3. The van der Waals surface area contributed by atoms with Gasteiger partial charge in [-0.3, -0.25) is 4.79 Å². The molecule has 0 spiro atoms. The van der Waals surface area contributed by atoms with Crippen molar-refractivity contribution in [3.8, 4) is 0 Å². The van der Waals surface area contributed by atoms with Crippen LogP contribution in [0.2, 0.25) is 0 Å². The zero-order chi connectivity index (χ0) is 17.4. The van der Waals surface area contributed by atoms with Crippen molar-refractivity contribution in [1.29, 1.82) is 0 Å². The Bertz CT molecular complexity index is 622. The Balaban J connectivity index is 2.40. The quantitative estimate of drug-likeness (QED) is 0.841. The minimum Gasteiger partial charge on any atom is -0.459 e. The molecule has 1 aliphatic rings. The predicted molar refractivity (Wildman–Crippen MR) is 80.7 cm³/mol. The van der Waals surface area contributed by atoms with Gasteiger partial charge < -0.3 is 10.1 Å². The zero-order valence-corrected chi connectivity index (χ0v) is 13.9. The molecule has 23 heavy (non-hydrogen) atoms. The van der Waals surface area contributed by atoms with Crippen molar-refractivity contribution in [2.45, 2.75) is 52.3 Å². The molecular formula is C15H18F3NO3S. The minimum absolute atomic E-state index is 0.0722. The number of carbonyl (C=O) groups is 2. The standard InChI is InChI=1S/C15H18F3NO3S/c1-7(2)22-13(20)11-9-5-4-8(3)6-10(9)23-12(11)19-14(21)15(16,17)18/h7-8H,4-6H2,1-3H3,(H,19,21)/t8-/m0/s1. The van der Waals surface area contributed by atoms with E-state index in [1.165, 1.54) is 0 Å². The van der Waals surface area contributed by atoms with Crippen molar-refractivity contribution in [3.63, 3.8) is 0 Å². The van der Waals surface area contributed by atoms with Gasteiger partial charge in [0, 0.05) is 4.88 Å². The van der Waals surface area contributed by atoms with Crippen molar-refractivity contribution >= 4 is 28.2 Å². The van der Waals surface area contributed by atoms with Crippen LogP contribution in [-0.4, -0.2) is 24.2 Å². The normalized spacial score (nSPS) is 17.8. The highest BCUT2D eigenvalue weighted by Crippen LogP contribution is 2.40. The molecule has 0 saturated carbocycles. The van der Waals surface area contributed by atoms with Crippen LogP contribution in [0.1, 0.15) is 48.0 Å². The summed E-state index contributed by atoms with van der Waals surface area (Å²) >= 11 is 1.03. The number of ether oxygens (including phenoxy) is 1. The molecule has 2 rings (SSSR count). The van der Waals surface area contributed by atoms with Crippen molar-refractivity contribution < 1.29 is 27.5 Å². The summed E-state index contributed by atoms with van der Waals surface area (Å²) in [6, 6.07) is 0. The number of esters is 1. The number of amides is 1. The number of thiophene rings is 1. The first-order valence-corrected chi connectivity index (χ1v) is 8.15. The average molecular weight is 349 g/mol. The predicted octanol–water partition coefficient (Wildman–Crippen LogP) is 3.94. The van der Waals surface area contributed by atoms with Crippen LogP contribution in [0.15, 0.2) is 0 Å².